The van der Waals surface area contributed by atoms with Gasteiger partial charge in [-0.3, -0.25) is 19.3 Å². The van der Waals surface area contributed by atoms with Gasteiger partial charge in [0.2, 0.25) is 0 Å². The van der Waals surface area contributed by atoms with E-state index in [1.807, 2.05) is 0 Å². The maximum Gasteiger partial charge on any atom is 0.274 e. The van der Waals surface area contributed by atoms with Crippen molar-refractivity contribution in [3.05, 3.63) is 103 Å². The predicted molar refractivity (Wildman–Crippen MR) is 142 cm³/mol. The van der Waals surface area contributed by atoms with Crippen molar-refractivity contribution < 1.29 is 17.2 Å². The molecule has 11 heteroatoms. The summed E-state index contributed by atoms with van der Waals surface area (Å²) in [5.74, 6) is -2.16. The quantitative estimate of drug-likeness (QED) is 0.284. The van der Waals surface area contributed by atoms with E-state index in [1.54, 1.807) is 38.2 Å². The average Bonchev–Trinajstić information content (AvgIpc) is 3.64. The largest absolute Gasteiger partial charge is 0.277 e. The van der Waals surface area contributed by atoms with E-state index in [4.69, 9.17) is 23.2 Å². The Kier molecular flexibility index (Phi) is 6.65. The molecule has 1 aromatic carbocycles. The lowest BCUT2D eigenvalue weighted by Crippen LogP contribution is -2.24. The molecule has 1 unspecified atom stereocenters. The number of hydrogen-bond acceptors (Lipinski definition) is 5. The maximum atomic E-state index is 16.0. The van der Waals surface area contributed by atoms with Crippen molar-refractivity contribution in [2.75, 3.05) is 6.26 Å². The van der Waals surface area contributed by atoms with Gasteiger partial charge in [0.05, 0.1) is 16.4 Å². The molecule has 3 aromatic heterocycles. The first-order chi connectivity index (χ1) is 17.9. The summed E-state index contributed by atoms with van der Waals surface area (Å²) in [4.78, 5) is 21.3. The van der Waals surface area contributed by atoms with Crippen molar-refractivity contribution in [1.82, 2.24) is 14.5 Å². The number of nitrogens with zero attached hydrogens (tertiary/aromatic N) is 3. The zero-order valence-corrected chi connectivity index (χ0v) is 22.8. The number of halogens is 4. The molecule has 5 rings (SSSR count). The maximum absolute atomic E-state index is 16.0. The molecule has 1 aliphatic rings. The van der Waals surface area contributed by atoms with E-state index in [2.05, 4.69) is 9.97 Å². The lowest BCUT2D eigenvalue weighted by Gasteiger charge is -2.18. The third kappa shape index (κ3) is 4.42. The molecule has 0 N–H and O–H groups in total. The van der Waals surface area contributed by atoms with E-state index in [0.29, 0.717) is 28.3 Å². The standard InChI is InChI=1S/C27H21Cl2F2N3O3S/c1-13-12-33-25(15-6-4-8-20(22(15)30)38(3,36)37)23(31)26(13)34-14(2)10-17(21(29)27(34)35)16-11-18(16)24-19(28)7-5-9-32-24/h4-10,12,16,18H,11H2,1-3H3/t16-,18?/m0/s1. The summed E-state index contributed by atoms with van der Waals surface area (Å²) < 4.78 is 56.3. The van der Waals surface area contributed by atoms with Crippen molar-refractivity contribution in [3.63, 3.8) is 0 Å². The van der Waals surface area contributed by atoms with Crippen LogP contribution in [0.1, 0.15) is 40.8 Å². The van der Waals surface area contributed by atoms with Crippen LogP contribution in [0, 0.1) is 25.5 Å². The topological polar surface area (TPSA) is 81.9 Å². The minimum Gasteiger partial charge on any atom is -0.277 e. The van der Waals surface area contributed by atoms with Crippen LogP contribution in [-0.4, -0.2) is 29.2 Å². The summed E-state index contributed by atoms with van der Waals surface area (Å²) in [6, 6.07) is 8.86. The van der Waals surface area contributed by atoms with Gasteiger partial charge in [-0.05, 0) is 67.6 Å². The molecule has 3 heterocycles. The minimum absolute atomic E-state index is 0.00643. The molecule has 1 saturated carbocycles. The Labute approximate surface area is 227 Å². The van der Waals surface area contributed by atoms with Crippen LogP contribution in [0.15, 0.2) is 58.5 Å². The molecule has 0 saturated heterocycles. The normalized spacial score (nSPS) is 17.0. The van der Waals surface area contributed by atoms with Crippen molar-refractivity contribution in [2.45, 2.75) is 37.0 Å². The van der Waals surface area contributed by atoms with Gasteiger partial charge in [0.1, 0.15) is 15.6 Å². The molecule has 0 amide bonds. The average molecular weight is 576 g/mol. The number of pyridine rings is 3. The van der Waals surface area contributed by atoms with Crippen LogP contribution >= 0.6 is 23.2 Å². The van der Waals surface area contributed by atoms with Crippen LogP contribution < -0.4 is 5.56 Å². The van der Waals surface area contributed by atoms with Gasteiger partial charge in [-0.1, -0.05) is 29.3 Å². The van der Waals surface area contributed by atoms with Gasteiger partial charge in [-0.15, -0.1) is 0 Å². The van der Waals surface area contributed by atoms with Crippen LogP contribution in [0.2, 0.25) is 10.0 Å². The van der Waals surface area contributed by atoms with E-state index in [0.717, 1.165) is 22.6 Å². The summed E-state index contributed by atoms with van der Waals surface area (Å²) in [5.41, 5.74) is 0.535. The first kappa shape index (κ1) is 26.5. The van der Waals surface area contributed by atoms with Crippen molar-refractivity contribution >= 4 is 33.0 Å². The second-order valence-corrected chi connectivity index (χ2v) is 12.1. The predicted octanol–water partition coefficient (Wildman–Crippen LogP) is 6.17. The molecule has 2 atom stereocenters. The second-order valence-electron chi connectivity index (χ2n) is 9.36. The fourth-order valence-electron chi connectivity index (χ4n) is 4.80. The SMILES string of the molecule is Cc1cnc(-c2cccc(S(C)(=O)=O)c2F)c(F)c1-n1c(C)cc([C@@H]2CC2c2ncccc2Cl)c(Cl)c1=O. The van der Waals surface area contributed by atoms with Crippen LogP contribution in [0.25, 0.3) is 16.9 Å². The van der Waals surface area contributed by atoms with E-state index < -0.39 is 37.6 Å². The first-order valence-corrected chi connectivity index (χ1v) is 14.2. The van der Waals surface area contributed by atoms with Crippen molar-refractivity contribution in [1.29, 1.82) is 0 Å². The third-order valence-corrected chi connectivity index (χ3v) is 8.52. The van der Waals surface area contributed by atoms with Gasteiger partial charge in [0.25, 0.3) is 5.56 Å². The highest BCUT2D eigenvalue weighted by atomic mass is 35.5. The van der Waals surface area contributed by atoms with E-state index in [1.165, 1.54) is 18.3 Å². The molecular weight excluding hydrogens is 555 g/mol. The van der Waals surface area contributed by atoms with Crippen molar-refractivity contribution in [3.8, 4) is 16.9 Å². The van der Waals surface area contributed by atoms with Crippen LogP contribution in [0.5, 0.6) is 0 Å². The molecule has 6 nitrogen and oxygen atoms in total. The Morgan fingerprint density at radius 2 is 1.76 bits per heavy atom. The molecular formula is C27H21Cl2F2N3O3S. The molecule has 4 aromatic rings. The zero-order valence-electron chi connectivity index (χ0n) is 20.5. The molecule has 1 aliphatic carbocycles. The number of benzene rings is 1. The zero-order chi connectivity index (χ0) is 27.5. The van der Waals surface area contributed by atoms with Gasteiger partial charge in [-0.25, -0.2) is 17.2 Å². The smallest absolute Gasteiger partial charge is 0.274 e. The number of aryl methyl sites for hydroxylation is 2. The van der Waals surface area contributed by atoms with Gasteiger partial charge >= 0.3 is 0 Å². The Morgan fingerprint density at radius 1 is 1.03 bits per heavy atom. The second kappa shape index (κ2) is 9.55. The summed E-state index contributed by atoms with van der Waals surface area (Å²) in [6.45, 7) is 3.21. The Hall–Kier alpha value is -3.14. The molecule has 0 bridgehead atoms. The van der Waals surface area contributed by atoms with Crippen molar-refractivity contribution in [2.24, 2.45) is 0 Å². The molecule has 38 heavy (non-hydrogen) atoms. The molecule has 1 fully saturated rings. The highest BCUT2D eigenvalue weighted by Crippen LogP contribution is 2.56. The van der Waals surface area contributed by atoms with Gasteiger partial charge in [-0.2, -0.15) is 0 Å². The highest BCUT2D eigenvalue weighted by molar-refractivity contribution is 7.90. The van der Waals surface area contributed by atoms with Crippen LogP contribution in [0.3, 0.4) is 0 Å². The minimum atomic E-state index is -3.91. The Bertz CT molecular complexity index is 1790. The Morgan fingerprint density at radius 3 is 2.45 bits per heavy atom. The summed E-state index contributed by atoms with van der Waals surface area (Å²) in [7, 11) is -3.91. The molecule has 0 aliphatic heterocycles. The highest BCUT2D eigenvalue weighted by Gasteiger charge is 2.43. The van der Waals surface area contributed by atoms with E-state index in [9.17, 15) is 13.2 Å². The third-order valence-electron chi connectivity index (χ3n) is 6.71. The van der Waals surface area contributed by atoms with Crippen LogP contribution in [0.4, 0.5) is 8.78 Å². The van der Waals surface area contributed by atoms with Gasteiger partial charge < -0.3 is 0 Å². The summed E-state index contributed by atoms with van der Waals surface area (Å²) in [6.07, 6.45) is 4.52. The summed E-state index contributed by atoms with van der Waals surface area (Å²) >= 11 is 12.9. The number of rotatable bonds is 5. The monoisotopic (exact) mass is 575 g/mol. The Balaban J connectivity index is 1.63. The lowest BCUT2D eigenvalue weighted by molar-refractivity contribution is 0.569. The fraction of sp³-hybridized carbons (Fsp3) is 0.222. The van der Waals surface area contributed by atoms with E-state index >= 15 is 8.78 Å². The molecule has 0 radical (unpaired) electrons. The fourth-order valence-corrected chi connectivity index (χ4v) is 6.10. The van der Waals surface area contributed by atoms with E-state index in [-0.39, 0.29) is 28.1 Å². The van der Waals surface area contributed by atoms with Crippen LogP contribution in [-0.2, 0) is 9.84 Å². The number of hydrogen-bond donors (Lipinski definition) is 0. The molecule has 196 valence electrons. The van der Waals surface area contributed by atoms with Gasteiger partial charge in [0, 0.05) is 35.8 Å². The summed E-state index contributed by atoms with van der Waals surface area (Å²) in [5, 5.41) is 0.480. The number of sulfone groups is 1. The number of aromatic nitrogens is 3. The van der Waals surface area contributed by atoms with Gasteiger partial charge in [0.15, 0.2) is 21.5 Å². The lowest BCUT2D eigenvalue weighted by atomic mass is 10.1. The first-order valence-electron chi connectivity index (χ1n) is 11.6. The molecule has 0 spiro atoms.